The first-order chi connectivity index (χ1) is 11.1. The molecule has 3 N–H and O–H groups in total. The van der Waals surface area contributed by atoms with Crippen molar-refractivity contribution in [2.45, 2.75) is 25.0 Å². The molecular formula is C17H24Cl3N3O2. The molecule has 1 aromatic heterocycles. The molecule has 25 heavy (non-hydrogen) atoms. The summed E-state index contributed by atoms with van der Waals surface area (Å²) in [5, 5.41) is 11.6. The molecule has 0 amide bonds. The highest BCUT2D eigenvalue weighted by Gasteiger charge is 2.24. The van der Waals surface area contributed by atoms with Crippen LogP contribution in [0.15, 0.2) is 24.4 Å². The quantitative estimate of drug-likeness (QED) is 0.814. The summed E-state index contributed by atoms with van der Waals surface area (Å²) in [5.74, 6) is 0.794. The van der Waals surface area contributed by atoms with Crippen LogP contribution in [0.5, 0.6) is 5.75 Å². The second kappa shape index (κ2) is 9.76. The second-order valence-electron chi connectivity index (χ2n) is 6.04. The number of aliphatic hydroxyl groups is 1. The molecule has 1 aliphatic heterocycles. The highest BCUT2D eigenvalue weighted by atomic mass is 35.5. The van der Waals surface area contributed by atoms with Gasteiger partial charge in [0.2, 0.25) is 0 Å². The molecule has 1 fully saturated rings. The zero-order valence-electron chi connectivity index (χ0n) is 14.0. The van der Waals surface area contributed by atoms with Gasteiger partial charge in [0.1, 0.15) is 5.75 Å². The van der Waals surface area contributed by atoms with E-state index in [9.17, 15) is 5.11 Å². The molecule has 0 spiro atoms. The Morgan fingerprint density at radius 3 is 2.84 bits per heavy atom. The Balaban J connectivity index is 0.00000156. The van der Waals surface area contributed by atoms with Crippen molar-refractivity contribution in [3.8, 4) is 5.75 Å². The van der Waals surface area contributed by atoms with E-state index in [0.29, 0.717) is 11.6 Å². The molecule has 1 aliphatic rings. The van der Waals surface area contributed by atoms with Gasteiger partial charge in [-0.15, -0.1) is 24.8 Å². The number of aliphatic hydroxyl groups excluding tert-OH is 1. The summed E-state index contributed by atoms with van der Waals surface area (Å²) in [5.41, 5.74) is 7.84. The first kappa shape index (κ1) is 22.2. The fourth-order valence-electron chi connectivity index (χ4n) is 3.07. The van der Waals surface area contributed by atoms with Gasteiger partial charge in [-0.1, -0.05) is 11.6 Å². The number of rotatable bonds is 4. The lowest BCUT2D eigenvalue weighted by Crippen LogP contribution is -2.50. The number of nitrogens with zero attached hydrogens (tertiary/aromatic N) is 2. The van der Waals surface area contributed by atoms with Gasteiger partial charge in [0.15, 0.2) is 0 Å². The van der Waals surface area contributed by atoms with Crippen molar-refractivity contribution < 1.29 is 9.84 Å². The number of aromatic nitrogens is 1. The monoisotopic (exact) mass is 407 g/mol. The summed E-state index contributed by atoms with van der Waals surface area (Å²) in [7, 11) is 1.65. The van der Waals surface area contributed by atoms with Crippen molar-refractivity contribution in [3.05, 3.63) is 35.0 Å². The van der Waals surface area contributed by atoms with Gasteiger partial charge >= 0.3 is 0 Å². The number of ether oxygens (including phenoxy) is 1. The van der Waals surface area contributed by atoms with E-state index >= 15 is 0 Å². The molecule has 2 atom stereocenters. The van der Waals surface area contributed by atoms with E-state index < -0.39 is 6.10 Å². The first-order valence-electron chi connectivity index (χ1n) is 7.85. The van der Waals surface area contributed by atoms with Crippen molar-refractivity contribution in [1.82, 2.24) is 9.88 Å². The number of hydrogen-bond acceptors (Lipinski definition) is 5. The van der Waals surface area contributed by atoms with Gasteiger partial charge in [-0.25, -0.2) is 0 Å². The largest absolute Gasteiger partial charge is 0.497 e. The number of methoxy groups -OCH3 is 1. The molecule has 2 aromatic rings. The number of hydrogen-bond donors (Lipinski definition) is 2. The minimum atomic E-state index is -0.450. The average Bonchev–Trinajstić information content (AvgIpc) is 2.56. The van der Waals surface area contributed by atoms with Crippen LogP contribution in [0.2, 0.25) is 5.02 Å². The van der Waals surface area contributed by atoms with Crippen LogP contribution in [0, 0.1) is 0 Å². The van der Waals surface area contributed by atoms with Gasteiger partial charge in [-0.2, -0.15) is 0 Å². The third-order valence-corrected chi connectivity index (χ3v) is 4.86. The Morgan fingerprint density at radius 1 is 1.40 bits per heavy atom. The van der Waals surface area contributed by atoms with Crippen LogP contribution in [0.3, 0.4) is 0 Å². The average molecular weight is 409 g/mol. The third kappa shape index (κ3) is 5.09. The Morgan fingerprint density at radius 2 is 2.16 bits per heavy atom. The van der Waals surface area contributed by atoms with Crippen LogP contribution in [-0.2, 0) is 6.42 Å². The number of pyridine rings is 1. The van der Waals surface area contributed by atoms with E-state index in [0.717, 1.165) is 48.1 Å². The van der Waals surface area contributed by atoms with Gasteiger partial charge in [0, 0.05) is 30.7 Å². The van der Waals surface area contributed by atoms with Crippen LogP contribution >= 0.6 is 36.4 Å². The van der Waals surface area contributed by atoms with Crippen LogP contribution in [0.25, 0.3) is 10.9 Å². The summed E-state index contributed by atoms with van der Waals surface area (Å²) >= 11 is 6.38. The molecule has 1 aromatic carbocycles. The number of halogens is 3. The maximum absolute atomic E-state index is 9.92. The summed E-state index contributed by atoms with van der Waals surface area (Å²) in [6.45, 7) is 2.35. The van der Waals surface area contributed by atoms with Gasteiger partial charge < -0.3 is 20.5 Å². The number of β-amino-alcohol motifs (C(OH)–C–C–N with tert-alkyl or cyclic N) is 1. The van der Waals surface area contributed by atoms with Gasteiger partial charge in [0.05, 0.1) is 23.8 Å². The SMILES string of the molecule is COc1ccc2ncc(Cl)c(CCN3CC[C@@H](N)[C@@H](O)C3)c2c1.Cl.Cl. The smallest absolute Gasteiger partial charge is 0.119 e. The van der Waals surface area contributed by atoms with Gasteiger partial charge in [-0.05, 0) is 43.1 Å². The zero-order chi connectivity index (χ0) is 16.4. The van der Waals surface area contributed by atoms with E-state index in [1.807, 2.05) is 18.2 Å². The van der Waals surface area contributed by atoms with Crippen LogP contribution in [0.1, 0.15) is 12.0 Å². The topological polar surface area (TPSA) is 71.6 Å². The number of benzene rings is 1. The molecule has 1 saturated heterocycles. The maximum Gasteiger partial charge on any atom is 0.119 e. The van der Waals surface area contributed by atoms with E-state index in [4.69, 9.17) is 22.1 Å². The van der Waals surface area contributed by atoms with E-state index in [2.05, 4.69) is 9.88 Å². The molecular weight excluding hydrogens is 385 g/mol. The molecule has 140 valence electrons. The Kier molecular flexibility index (Phi) is 8.68. The molecule has 0 saturated carbocycles. The fraction of sp³-hybridized carbons (Fsp3) is 0.471. The van der Waals surface area contributed by atoms with Crippen molar-refractivity contribution >= 4 is 47.3 Å². The standard InChI is InChI=1S/C17H22ClN3O2.2ClH/c1-23-11-2-3-16-13(8-11)12(14(18)9-20-16)4-6-21-7-5-15(19)17(22)10-21;;/h2-3,8-9,15,17,22H,4-7,10,19H2,1H3;2*1H/t15-,17+;;/m1../s1. The number of piperidine rings is 1. The maximum atomic E-state index is 9.92. The van der Waals surface area contributed by atoms with E-state index in [-0.39, 0.29) is 30.9 Å². The normalized spacial score (nSPS) is 20.6. The van der Waals surface area contributed by atoms with Gasteiger partial charge in [-0.3, -0.25) is 4.98 Å². The Bertz CT molecular complexity index is 702. The molecule has 3 rings (SSSR count). The first-order valence-corrected chi connectivity index (χ1v) is 8.23. The highest BCUT2D eigenvalue weighted by Crippen LogP contribution is 2.28. The Hall–Kier alpha value is -0.820. The van der Waals surface area contributed by atoms with E-state index in [1.54, 1.807) is 13.3 Å². The number of nitrogens with two attached hydrogens (primary N) is 1. The molecule has 5 nitrogen and oxygen atoms in total. The minimum Gasteiger partial charge on any atom is -0.497 e. The fourth-order valence-corrected chi connectivity index (χ4v) is 3.32. The summed E-state index contributed by atoms with van der Waals surface area (Å²) in [6.07, 6.45) is 2.87. The minimum absolute atomic E-state index is 0. The highest BCUT2D eigenvalue weighted by molar-refractivity contribution is 6.32. The van der Waals surface area contributed by atoms with Gasteiger partial charge in [0.25, 0.3) is 0 Å². The predicted octanol–water partition coefficient (Wildman–Crippen LogP) is 2.68. The Labute approximate surface area is 165 Å². The lowest BCUT2D eigenvalue weighted by molar-refractivity contribution is 0.0542. The molecule has 0 aliphatic carbocycles. The molecule has 0 bridgehead atoms. The summed E-state index contributed by atoms with van der Waals surface area (Å²) in [6, 6.07) is 5.71. The molecule has 0 unspecified atom stereocenters. The third-order valence-electron chi connectivity index (χ3n) is 4.53. The van der Waals surface area contributed by atoms with Crippen LogP contribution in [-0.4, -0.2) is 53.9 Å². The van der Waals surface area contributed by atoms with Crippen molar-refractivity contribution in [2.24, 2.45) is 5.73 Å². The second-order valence-corrected chi connectivity index (χ2v) is 6.45. The van der Waals surface area contributed by atoms with Crippen LogP contribution < -0.4 is 10.5 Å². The number of fused-ring (bicyclic) bond motifs is 1. The molecule has 8 heteroatoms. The van der Waals surface area contributed by atoms with Crippen molar-refractivity contribution in [1.29, 1.82) is 0 Å². The van der Waals surface area contributed by atoms with Crippen molar-refractivity contribution in [3.63, 3.8) is 0 Å². The molecule has 2 heterocycles. The molecule has 0 radical (unpaired) electrons. The predicted molar refractivity (Wildman–Crippen MR) is 107 cm³/mol. The van der Waals surface area contributed by atoms with Crippen LogP contribution in [0.4, 0.5) is 0 Å². The lowest BCUT2D eigenvalue weighted by Gasteiger charge is -2.34. The summed E-state index contributed by atoms with van der Waals surface area (Å²) < 4.78 is 5.31. The number of likely N-dealkylation sites (tertiary alicyclic amines) is 1. The lowest BCUT2D eigenvalue weighted by atomic mass is 10.0. The summed E-state index contributed by atoms with van der Waals surface area (Å²) in [4.78, 5) is 6.61. The van der Waals surface area contributed by atoms with Crippen molar-refractivity contribution in [2.75, 3.05) is 26.7 Å². The zero-order valence-corrected chi connectivity index (χ0v) is 16.4. The van der Waals surface area contributed by atoms with E-state index in [1.165, 1.54) is 0 Å².